The Morgan fingerprint density at radius 2 is 2.27 bits per heavy atom. The van der Waals surface area contributed by atoms with Crippen LogP contribution in [0.5, 0.6) is 0 Å². The van der Waals surface area contributed by atoms with Crippen LogP contribution in [0.1, 0.15) is 45.0 Å². The number of aromatic amines is 1. The van der Waals surface area contributed by atoms with Crippen molar-refractivity contribution in [2.75, 3.05) is 6.54 Å². The highest BCUT2D eigenvalue weighted by atomic mass is 15.2. The van der Waals surface area contributed by atoms with E-state index in [2.05, 4.69) is 49.8 Å². The van der Waals surface area contributed by atoms with Crippen molar-refractivity contribution in [1.29, 1.82) is 0 Å². The van der Waals surface area contributed by atoms with Crippen molar-refractivity contribution in [2.24, 2.45) is 5.92 Å². The number of rotatable bonds is 2. The highest BCUT2D eigenvalue weighted by Crippen LogP contribution is 2.36. The lowest BCUT2D eigenvalue weighted by Gasteiger charge is -2.42. The Morgan fingerprint density at radius 1 is 1.53 bits per heavy atom. The molecule has 2 heterocycles. The maximum Gasteiger partial charge on any atom is 0.0391 e. The molecule has 0 saturated heterocycles. The van der Waals surface area contributed by atoms with E-state index >= 15 is 0 Å². The van der Waals surface area contributed by atoms with Gasteiger partial charge >= 0.3 is 0 Å². The summed E-state index contributed by atoms with van der Waals surface area (Å²) < 4.78 is 0. The van der Waals surface area contributed by atoms with Gasteiger partial charge in [0.1, 0.15) is 0 Å². The number of H-pyrrole nitrogens is 1. The summed E-state index contributed by atoms with van der Waals surface area (Å²) >= 11 is 0. The van der Waals surface area contributed by atoms with E-state index in [0.717, 1.165) is 6.54 Å². The maximum absolute atomic E-state index is 3.39. The number of hydrogen-bond donors (Lipinski definition) is 1. The van der Waals surface area contributed by atoms with Gasteiger partial charge in [0, 0.05) is 30.4 Å². The number of nitrogens with one attached hydrogen (secondary N) is 1. The van der Waals surface area contributed by atoms with Gasteiger partial charge in [-0.15, -0.1) is 0 Å². The first kappa shape index (κ1) is 10.7. The van der Waals surface area contributed by atoms with Crippen LogP contribution in [-0.4, -0.2) is 22.5 Å². The predicted octanol–water partition coefficient (Wildman–Crippen LogP) is 2.98. The van der Waals surface area contributed by atoms with Crippen LogP contribution in [-0.2, 0) is 6.42 Å². The number of hydrogen-bond acceptors (Lipinski definition) is 1. The molecular formula is C13H22N2. The molecule has 0 saturated carbocycles. The molecule has 0 radical (unpaired) electrons. The molecule has 1 aliphatic heterocycles. The van der Waals surface area contributed by atoms with Crippen LogP contribution in [0.4, 0.5) is 0 Å². The van der Waals surface area contributed by atoms with Gasteiger partial charge in [0.25, 0.3) is 0 Å². The fourth-order valence-electron chi connectivity index (χ4n) is 2.99. The zero-order valence-electron chi connectivity index (χ0n) is 10.2. The van der Waals surface area contributed by atoms with Crippen LogP contribution in [0.25, 0.3) is 0 Å². The van der Waals surface area contributed by atoms with Crippen LogP contribution in [0, 0.1) is 5.92 Å². The molecule has 0 aliphatic carbocycles. The summed E-state index contributed by atoms with van der Waals surface area (Å²) in [6.07, 6.45) is 3.26. The normalized spacial score (nSPS) is 27.0. The first-order valence-electron chi connectivity index (χ1n) is 6.07. The van der Waals surface area contributed by atoms with Crippen molar-refractivity contribution in [3.63, 3.8) is 0 Å². The topological polar surface area (TPSA) is 19.0 Å². The third-order valence-electron chi connectivity index (χ3n) is 3.61. The lowest BCUT2D eigenvalue weighted by Crippen LogP contribution is -2.43. The Labute approximate surface area is 92.7 Å². The number of nitrogens with zero attached hydrogens (tertiary/aromatic N) is 1. The molecule has 0 fully saturated rings. The van der Waals surface area contributed by atoms with Crippen LogP contribution >= 0.6 is 0 Å². The van der Waals surface area contributed by atoms with Crippen LogP contribution in [0.15, 0.2) is 12.3 Å². The van der Waals surface area contributed by atoms with Crippen molar-refractivity contribution >= 4 is 0 Å². The Bertz CT molecular complexity index is 327. The van der Waals surface area contributed by atoms with Crippen LogP contribution < -0.4 is 0 Å². The van der Waals surface area contributed by atoms with Crippen LogP contribution in [0.2, 0.25) is 0 Å². The second-order valence-corrected chi connectivity index (χ2v) is 4.98. The van der Waals surface area contributed by atoms with E-state index < -0.39 is 0 Å². The smallest absolute Gasteiger partial charge is 0.0391 e. The third-order valence-corrected chi connectivity index (χ3v) is 3.61. The highest BCUT2D eigenvalue weighted by molar-refractivity contribution is 5.28. The summed E-state index contributed by atoms with van der Waals surface area (Å²) in [4.78, 5) is 6.02. The molecule has 2 atom stereocenters. The van der Waals surface area contributed by atoms with E-state index in [1.165, 1.54) is 17.7 Å². The molecule has 84 valence electrons. The van der Waals surface area contributed by atoms with Gasteiger partial charge in [0.15, 0.2) is 0 Å². The summed E-state index contributed by atoms with van der Waals surface area (Å²) in [7, 11) is 0. The first-order chi connectivity index (χ1) is 7.15. The minimum Gasteiger partial charge on any atom is -0.365 e. The maximum atomic E-state index is 3.39. The molecule has 2 nitrogen and oxygen atoms in total. The lowest BCUT2D eigenvalue weighted by atomic mass is 9.87. The molecule has 15 heavy (non-hydrogen) atoms. The molecule has 1 aliphatic rings. The van der Waals surface area contributed by atoms with E-state index in [4.69, 9.17) is 0 Å². The summed E-state index contributed by atoms with van der Waals surface area (Å²) in [5, 5.41) is 0. The first-order valence-corrected chi connectivity index (χ1v) is 6.07. The van der Waals surface area contributed by atoms with E-state index in [9.17, 15) is 0 Å². The Morgan fingerprint density at radius 3 is 2.87 bits per heavy atom. The van der Waals surface area contributed by atoms with Crippen molar-refractivity contribution in [2.45, 2.75) is 46.2 Å². The van der Waals surface area contributed by atoms with Gasteiger partial charge in [-0.05, 0) is 31.0 Å². The van der Waals surface area contributed by atoms with Gasteiger partial charge in [-0.3, -0.25) is 4.90 Å². The Hall–Kier alpha value is -0.760. The molecule has 1 N–H and O–H groups in total. The average molecular weight is 206 g/mol. The molecule has 1 aromatic heterocycles. The number of likely N-dealkylation sites (N-methyl/N-ethyl adjacent to an activating group) is 1. The van der Waals surface area contributed by atoms with Gasteiger partial charge in [0.05, 0.1) is 0 Å². The minimum absolute atomic E-state index is 0.597. The van der Waals surface area contributed by atoms with Gasteiger partial charge in [-0.25, -0.2) is 0 Å². The third kappa shape index (κ3) is 1.71. The number of fused-ring (bicyclic) bond motifs is 1. The molecule has 0 amide bonds. The SMILES string of the molecule is CCN1C(C)Cc2[nH]ccc2C1C(C)C. The Kier molecular flexibility index (Phi) is 2.87. The van der Waals surface area contributed by atoms with E-state index in [-0.39, 0.29) is 0 Å². The zero-order valence-corrected chi connectivity index (χ0v) is 10.2. The summed E-state index contributed by atoms with van der Waals surface area (Å²) in [6, 6.07) is 3.52. The monoisotopic (exact) mass is 206 g/mol. The van der Waals surface area contributed by atoms with Crippen molar-refractivity contribution in [1.82, 2.24) is 9.88 Å². The Balaban J connectivity index is 2.39. The van der Waals surface area contributed by atoms with Crippen molar-refractivity contribution < 1.29 is 0 Å². The molecule has 2 heteroatoms. The predicted molar refractivity (Wildman–Crippen MR) is 63.9 cm³/mol. The molecule has 0 aromatic carbocycles. The van der Waals surface area contributed by atoms with Crippen molar-refractivity contribution in [3.05, 3.63) is 23.5 Å². The fraction of sp³-hybridized carbons (Fsp3) is 0.692. The van der Waals surface area contributed by atoms with E-state index in [1.54, 1.807) is 0 Å². The fourth-order valence-corrected chi connectivity index (χ4v) is 2.99. The van der Waals surface area contributed by atoms with E-state index in [0.29, 0.717) is 18.0 Å². The quantitative estimate of drug-likeness (QED) is 0.788. The highest BCUT2D eigenvalue weighted by Gasteiger charge is 2.33. The minimum atomic E-state index is 0.597. The van der Waals surface area contributed by atoms with Crippen LogP contribution in [0.3, 0.4) is 0 Å². The largest absolute Gasteiger partial charge is 0.365 e. The van der Waals surface area contributed by atoms with Gasteiger partial charge in [-0.2, -0.15) is 0 Å². The molecule has 0 spiro atoms. The average Bonchev–Trinajstić information content (AvgIpc) is 2.62. The standard InChI is InChI=1S/C13H22N2/c1-5-15-10(4)8-12-11(6-7-14-12)13(15)9(2)3/h6-7,9-10,13-14H,5,8H2,1-4H3. The number of aromatic nitrogens is 1. The summed E-state index contributed by atoms with van der Waals surface area (Å²) in [5.41, 5.74) is 2.97. The molecule has 1 aromatic rings. The molecule has 0 bridgehead atoms. The zero-order chi connectivity index (χ0) is 11.0. The second-order valence-electron chi connectivity index (χ2n) is 4.98. The molecular weight excluding hydrogens is 184 g/mol. The van der Waals surface area contributed by atoms with Gasteiger partial charge < -0.3 is 4.98 Å². The summed E-state index contributed by atoms with van der Waals surface area (Å²) in [5.74, 6) is 0.683. The van der Waals surface area contributed by atoms with Gasteiger partial charge in [-0.1, -0.05) is 20.8 Å². The lowest BCUT2D eigenvalue weighted by molar-refractivity contribution is 0.101. The molecule has 2 rings (SSSR count). The van der Waals surface area contributed by atoms with Crippen molar-refractivity contribution in [3.8, 4) is 0 Å². The molecule has 2 unspecified atom stereocenters. The van der Waals surface area contributed by atoms with Gasteiger partial charge in [0.2, 0.25) is 0 Å². The summed E-state index contributed by atoms with van der Waals surface area (Å²) in [6.45, 7) is 10.4. The van der Waals surface area contributed by atoms with E-state index in [1.807, 2.05) is 0 Å². The second kappa shape index (κ2) is 4.01.